The Morgan fingerprint density at radius 1 is 1.42 bits per heavy atom. The van der Waals surface area contributed by atoms with Gasteiger partial charge in [-0.3, -0.25) is 0 Å². The molecule has 0 fully saturated rings. The number of hydrogen-bond donors (Lipinski definition) is 2. The summed E-state index contributed by atoms with van der Waals surface area (Å²) in [5.41, 5.74) is 0.685. The summed E-state index contributed by atoms with van der Waals surface area (Å²) in [6.07, 6.45) is 0. The Morgan fingerprint density at radius 3 is 2.68 bits per heavy atom. The molecule has 0 atom stereocenters. The number of thiazole rings is 1. The SMILES string of the molecule is CN(C)S(=O)(=O)Nc1nc2ccc(C(=O)O)cc2s1. The molecule has 0 unspecified atom stereocenters. The molecule has 2 aromatic rings. The minimum atomic E-state index is -3.61. The van der Waals surface area contributed by atoms with Crippen molar-refractivity contribution in [2.24, 2.45) is 0 Å². The second kappa shape index (κ2) is 4.76. The van der Waals surface area contributed by atoms with Crippen molar-refractivity contribution in [1.82, 2.24) is 9.29 Å². The van der Waals surface area contributed by atoms with Crippen LogP contribution in [0.3, 0.4) is 0 Å². The lowest BCUT2D eigenvalue weighted by Gasteiger charge is -2.10. The third kappa shape index (κ3) is 2.83. The summed E-state index contributed by atoms with van der Waals surface area (Å²) in [7, 11) is -0.808. The molecular weight excluding hydrogens is 290 g/mol. The highest BCUT2D eigenvalue weighted by molar-refractivity contribution is 7.90. The number of benzene rings is 1. The van der Waals surface area contributed by atoms with Gasteiger partial charge in [0, 0.05) is 14.1 Å². The largest absolute Gasteiger partial charge is 0.478 e. The molecule has 9 heteroatoms. The van der Waals surface area contributed by atoms with Crippen LogP contribution in [0.2, 0.25) is 0 Å². The molecule has 0 saturated carbocycles. The maximum atomic E-state index is 11.6. The van der Waals surface area contributed by atoms with Gasteiger partial charge in [0.05, 0.1) is 15.8 Å². The number of carboxylic acid groups (broad SMARTS) is 1. The average molecular weight is 301 g/mol. The fourth-order valence-corrected chi connectivity index (χ4v) is 2.99. The highest BCUT2D eigenvalue weighted by Gasteiger charge is 2.16. The number of aromatic carboxylic acids is 1. The van der Waals surface area contributed by atoms with Gasteiger partial charge in [-0.1, -0.05) is 11.3 Å². The van der Waals surface area contributed by atoms with Gasteiger partial charge in [0.1, 0.15) is 0 Å². The Labute approximate surface area is 113 Å². The number of carboxylic acids is 1. The van der Waals surface area contributed by atoms with Crippen LogP contribution in [0.4, 0.5) is 5.13 Å². The molecule has 0 amide bonds. The zero-order valence-corrected chi connectivity index (χ0v) is 11.7. The number of fused-ring (bicyclic) bond motifs is 1. The van der Waals surface area contributed by atoms with Gasteiger partial charge < -0.3 is 5.11 Å². The lowest BCUT2D eigenvalue weighted by atomic mass is 10.2. The monoisotopic (exact) mass is 301 g/mol. The highest BCUT2D eigenvalue weighted by atomic mass is 32.2. The molecule has 0 bridgehead atoms. The van der Waals surface area contributed by atoms with Crippen LogP contribution in [0.1, 0.15) is 10.4 Å². The minimum absolute atomic E-state index is 0.137. The Hall–Kier alpha value is -1.71. The lowest BCUT2D eigenvalue weighted by Crippen LogP contribution is -2.28. The van der Waals surface area contributed by atoms with E-state index in [-0.39, 0.29) is 10.7 Å². The quantitative estimate of drug-likeness (QED) is 0.884. The first-order chi connectivity index (χ1) is 8.79. The molecule has 0 radical (unpaired) electrons. The zero-order valence-electron chi connectivity index (χ0n) is 10.1. The van der Waals surface area contributed by atoms with Gasteiger partial charge in [-0.25, -0.2) is 14.5 Å². The van der Waals surface area contributed by atoms with E-state index in [2.05, 4.69) is 9.71 Å². The smallest absolute Gasteiger partial charge is 0.335 e. The summed E-state index contributed by atoms with van der Waals surface area (Å²) >= 11 is 1.08. The van der Waals surface area contributed by atoms with E-state index in [1.54, 1.807) is 6.07 Å². The average Bonchev–Trinajstić information content (AvgIpc) is 2.68. The number of aromatic nitrogens is 1. The number of anilines is 1. The minimum Gasteiger partial charge on any atom is -0.478 e. The Balaban J connectivity index is 2.40. The van der Waals surface area contributed by atoms with E-state index in [0.717, 1.165) is 15.6 Å². The van der Waals surface area contributed by atoms with Crippen LogP contribution in [0, 0.1) is 0 Å². The van der Waals surface area contributed by atoms with Crippen LogP contribution < -0.4 is 4.72 Å². The summed E-state index contributed by atoms with van der Waals surface area (Å²) in [5, 5.41) is 9.08. The fourth-order valence-electron chi connectivity index (χ4n) is 1.30. The van der Waals surface area contributed by atoms with Crippen LogP contribution in [0.25, 0.3) is 10.2 Å². The third-order valence-electron chi connectivity index (χ3n) is 2.33. The van der Waals surface area contributed by atoms with E-state index in [4.69, 9.17) is 5.11 Å². The van der Waals surface area contributed by atoms with Crippen molar-refractivity contribution in [3.8, 4) is 0 Å². The summed E-state index contributed by atoms with van der Waals surface area (Å²) < 4.78 is 27.2. The molecule has 0 aliphatic heterocycles. The van der Waals surface area contributed by atoms with Gasteiger partial charge in [0.25, 0.3) is 0 Å². The van der Waals surface area contributed by atoms with E-state index in [1.807, 2.05) is 0 Å². The van der Waals surface area contributed by atoms with E-state index >= 15 is 0 Å². The number of hydrogen-bond acceptors (Lipinski definition) is 5. The number of nitrogens with zero attached hydrogens (tertiary/aromatic N) is 2. The van der Waals surface area contributed by atoms with Gasteiger partial charge in [0.15, 0.2) is 5.13 Å². The van der Waals surface area contributed by atoms with Gasteiger partial charge in [0.2, 0.25) is 0 Å². The molecule has 19 heavy (non-hydrogen) atoms. The summed E-state index contributed by atoms with van der Waals surface area (Å²) in [6, 6.07) is 4.43. The molecule has 1 aromatic carbocycles. The molecule has 0 spiro atoms. The number of nitrogens with one attached hydrogen (secondary N) is 1. The first-order valence-corrected chi connectivity index (χ1v) is 7.39. The Bertz CT molecular complexity index is 736. The van der Waals surface area contributed by atoms with Crippen molar-refractivity contribution in [2.45, 2.75) is 0 Å². The van der Waals surface area contributed by atoms with Crippen molar-refractivity contribution in [3.63, 3.8) is 0 Å². The second-order valence-electron chi connectivity index (χ2n) is 3.90. The third-order valence-corrected chi connectivity index (χ3v) is 4.81. The topological polar surface area (TPSA) is 99.6 Å². The van der Waals surface area contributed by atoms with Crippen molar-refractivity contribution in [1.29, 1.82) is 0 Å². The predicted molar refractivity (Wildman–Crippen MR) is 72.8 cm³/mol. The maximum absolute atomic E-state index is 11.6. The van der Waals surface area contributed by atoms with Gasteiger partial charge >= 0.3 is 16.2 Å². The molecule has 1 aromatic heterocycles. The van der Waals surface area contributed by atoms with Crippen molar-refractivity contribution < 1.29 is 18.3 Å². The number of rotatable bonds is 4. The van der Waals surface area contributed by atoms with Crippen LogP contribution >= 0.6 is 11.3 Å². The van der Waals surface area contributed by atoms with Crippen molar-refractivity contribution in [3.05, 3.63) is 23.8 Å². The molecule has 2 N–H and O–H groups in total. The van der Waals surface area contributed by atoms with E-state index in [0.29, 0.717) is 10.2 Å². The molecule has 7 nitrogen and oxygen atoms in total. The molecule has 0 aliphatic rings. The number of carbonyl (C=O) groups is 1. The van der Waals surface area contributed by atoms with Crippen LogP contribution in [0.5, 0.6) is 0 Å². The molecule has 0 aliphatic carbocycles. The van der Waals surface area contributed by atoms with Crippen LogP contribution in [-0.4, -0.2) is 42.9 Å². The first kappa shape index (κ1) is 13.7. The Morgan fingerprint density at radius 2 is 2.11 bits per heavy atom. The van der Waals surface area contributed by atoms with Crippen molar-refractivity contribution >= 4 is 42.9 Å². The van der Waals surface area contributed by atoms with E-state index in [1.165, 1.54) is 26.2 Å². The maximum Gasteiger partial charge on any atom is 0.335 e. The summed E-state index contributed by atoms with van der Waals surface area (Å²) in [4.78, 5) is 14.9. The van der Waals surface area contributed by atoms with Gasteiger partial charge in [-0.15, -0.1) is 0 Å². The summed E-state index contributed by atoms with van der Waals surface area (Å²) in [6.45, 7) is 0. The fraction of sp³-hybridized carbons (Fsp3) is 0.200. The molecule has 2 rings (SSSR count). The standard InChI is InChI=1S/C10H11N3O4S2/c1-13(2)19(16,17)12-10-11-7-4-3-6(9(14)15)5-8(7)18-10/h3-5H,1-2H3,(H,11,12)(H,14,15). The predicted octanol–water partition coefficient (Wildman–Crippen LogP) is 1.21. The van der Waals surface area contributed by atoms with Crippen molar-refractivity contribution in [2.75, 3.05) is 18.8 Å². The molecule has 102 valence electrons. The highest BCUT2D eigenvalue weighted by Crippen LogP contribution is 2.27. The van der Waals surface area contributed by atoms with E-state index < -0.39 is 16.2 Å². The van der Waals surface area contributed by atoms with Crippen LogP contribution in [-0.2, 0) is 10.2 Å². The molecule has 0 saturated heterocycles. The van der Waals surface area contributed by atoms with Gasteiger partial charge in [-0.05, 0) is 18.2 Å². The van der Waals surface area contributed by atoms with Crippen LogP contribution in [0.15, 0.2) is 18.2 Å². The molecule has 1 heterocycles. The Kier molecular flexibility index (Phi) is 3.43. The van der Waals surface area contributed by atoms with E-state index in [9.17, 15) is 13.2 Å². The summed E-state index contributed by atoms with van der Waals surface area (Å²) in [5.74, 6) is -1.04. The normalized spacial score (nSPS) is 11.9. The zero-order chi connectivity index (χ0) is 14.2. The van der Waals surface area contributed by atoms with Gasteiger partial charge in [-0.2, -0.15) is 12.7 Å². The lowest BCUT2D eigenvalue weighted by molar-refractivity contribution is 0.0697. The first-order valence-electron chi connectivity index (χ1n) is 5.14. The second-order valence-corrected chi connectivity index (χ2v) is 6.81. The molecular formula is C10H11N3O4S2.